The van der Waals surface area contributed by atoms with Gasteiger partial charge in [-0.1, -0.05) is 36.4 Å². The lowest BCUT2D eigenvalue weighted by atomic mass is 9.81. The highest BCUT2D eigenvalue weighted by Gasteiger charge is 2.48. The number of hydrogen-bond donors (Lipinski definition) is 0. The average molecular weight is 228 g/mol. The molecule has 2 nitrogen and oxygen atoms in total. The first-order chi connectivity index (χ1) is 8.08. The van der Waals surface area contributed by atoms with Gasteiger partial charge >= 0.3 is 5.97 Å². The predicted octanol–water partition coefficient (Wildman–Crippen LogP) is 2.82. The zero-order chi connectivity index (χ0) is 12.0. The molecule has 3 rings (SSSR count). The number of fused-ring (bicyclic) bond motifs is 2. The fourth-order valence-electron chi connectivity index (χ4n) is 2.94. The van der Waals surface area contributed by atoms with Crippen molar-refractivity contribution in [1.29, 1.82) is 0 Å². The molecule has 0 aromatic heterocycles. The zero-order valence-corrected chi connectivity index (χ0v) is 10.1. The first kappa shape index (κ1) is 10.6. The third-order valence-corrected chi connectivity index (χ3v) is 3.88. The maximum Gasteiger partial charge on any atom is 0.310 e. The standard InChI is InChI=1S/C15H16O2/c1-15(2)13-8-7-10-5-3-4-6-11(10)9-12(13)14(16)17-15/h3-8,12-13H,9H2,1-2H3. The second-order valence-corrected chi connectivity index (χ2v) is 5.42. The van der Waals surface area contributed by atoms with Crippen LogP contribution in [0.1, 0.15) is 25.0 Å². The molecule has 88 valence electrons. The monoisotopic (exact) mass is 228 g/mol. The van der Waals surface area contributed by atoms with Gasteiger partial charge in [-0.2, -0.15) is 0 Å². The third kappa shape index (κ3) is 1.59. The summed E-state index contributed by atoms with van der Waals surface area (Å²) in [5.74, 6) is 0.105. The van der Waals surface area contributed by atoms with Crippen LogP contribution in [0.4, 0.5) is 0 Å². The molecule has 0 saturated carbocycles. The van der Waals surface area contributed by atoms with Crippen LogP contribution in [0.5, 0.6) is 0 Å². The Morgan fingerprint density at radius 3 is 2.88 bits per heavy atom. The van der Waals surface area contributed by atoms with Gasteiger partial charge in [-0.25, -0.2) is 0 Å². The van der Waals surface area contributed by atoms with Gasteiger partial charge < -0.3 is 4.74 Å². The molecule has 0 spiro atoms. The molecule has 2 heteroatoms. The van der Waals surface area contributed by atoms with E-state index in [0.29, 0.717) is 0 Å². The fourth-order valence-corrected chi connectivity index (χ4v) is 2.94. The Labute approximate surface area is 101 Å². The molecular formula is C15H16O2. The maximum atomic E-state index is 11.9. The molecule has 0 N–H and O–H groups in total. The van der Waals surface area contributed by atoms with E-state index in [9.17, 15) is 4.79 Å². The molecule has 1 aliphatic carbocycles. The lowest BCUT2D eigenvalue weighted by Gasteiger charge is -2.23. The summed E-state index contributed by atoms with van der Waals surface area (Å²) in [7, 11) is 0. The molecule has 0 amide bonds. The highest BCUT2D eigenvalue weighted by molar-refractivity contribution is 5.78. The topological polar surface area (TPSA) is 26.3 Å². The molecule has 1 aliphatic heterocycles. The Morgan fingerprint density at radius 1 is 1.29 bits per heavy atom. The summed E-state index contributed by atoms with van der Waals surface area (Å²) in [5.41, 5.74) is 2.09. The van der Waals surface area contributed by atoms with Crippen molar-refractivity contribution in [2.75, 3.05) is 0 Å². The van der Waals surface area contributed by atoms with Crippen LogP contribution >= 0.6 is 0 Å². The van der Waals surface area contributed by atoms with Crippen LogP contribution in [0.2, 0.25) is 0 Å². The first-order valence-electron chi connectivity index (χ1n) is 6.07. The van der Waals surface area contributed by atoms with Gasteiger partial charge in [0.15, 0.2) is 0 Å². The normalized spacial score (nSPS) is 29.2. The second-order valence-electron chi connectivity index (χ2n) is 5.42. The van der Waals surface area contributed by atoms with Gasteiger partial charge in [0.05, 0.1) is 5.92 Å². The minimum atomic E-state index is -0.375. The van der Waals surface area contributed by atoms with Crippen molar-refractivity contribution in [3.05, 3.63) is 41.5 Å². The molecule has 1 aromatic rings. The highest BCUT2D eigenvalue weighted by Crippen LogP contribution is 2.42. The summed E-state index contributed by atoms with van der Waals surface area (Å²) in [4.78, 5) is 11.9. The Kier molecular flexibility index (Phi) is 2.15. The van der Waals surface area contributed by atoms with Gasteiger partial charge in [0.2, 0.25) is 0 Å². The van der Waals surface area contributed by atoms with E-state index in [4.69, 9.17) is 4.74 Å². The number of carbonyl (C=O) groups is 1. The maximum absolute atomic E-state index is 11.9. The van der Waals surface area contributed by atoms with E-state index in [-0.39, 0.29) is 23.4 Å². The molecule has 0 radical (unpaired) electrons. The van der Waals surface area contributed by atoms with Crippen LogP contribution in [0.25, 0.3) is 6.08 Å². The molecule has 1 fully saturated rings. The summed E-state index contributed by atoms with van der Waals surface area (Å²) in [5, 5.41) is 0. The number of rotatable bonds is 0. The van der Waals surface area contributed by atoms with Crippen molar-refractivity contribution in [3.8, 4) is 0 Å². The summed E-state index contributed by atoms with van der Waals surface area (Å²) < 4.78 is 5.48. The molecule has 2 atom stereocenters. The summed E-state index contributed by atoms with van der Waals surface area (Å²) >= 11 is 0. The van der Waals surface area contributed by atoms with Gasteiger partial charge in [0.1, 0.15) is 5.60 Å². The summed E-state index contributed by atoms with van der Waals surface area (Å²) in [6.45, 7) is 3.99. The minimum absolute atomic E-state index is 0.0232. The van der Waals surface area contributed by atoms with Crippen LogP contribution in [0.3, 0.4) is 0 Å². The number of esters is 1. The second kappa shape index (κ2) is 3.46. The molecular weight excluding hydrogens is 212 g/mol. The quantitative estimate of drug-likeness (QED) is 0.638. The van der Waals surface area contributed by atoms with E-state index in [0.717, 1.165) is 6.42 Å². The number of hydrogen-bond acceptors (Lipinski definition) is 2. The zero-order valence-electron chi connectivity index (χ0n) is 10.1. The van der Waals surface area contributed by atoms with Gasteiger partial charge in [-0.05, 0) is 31.4 Å². The van der Waals surface area contributed by atoms with E-state index in [1.165, 1.54) is 11.1 Å². The van der Waals surface area contributed by atoms with E-state index in [1.54, 1.807) is 0 Å². The highest BCUT2D eigenvalue weighted by atomic mass is 16.6. The van der Waals surface area contributed by atoms with Gasteiger partial charge in [0, 0.05) is 5.92 Å². The van der Waals surface area contributed by atoms with E-state index in [1.807, 2.05) is 26.0 Å². The van der Waals surface area contributed by atoms with Gasteiger partial charge in [-0.3, -0.25) is 4.79 Å². The Morgan fingerprint density at radius 2 is 2.06 bits per heavy atom. The van der Waals surface area contributed by atoms with E-state index >= 15 is 0 Å². The van der Waals surface area contributed by atoms with Crippen LogP contribution in [-0.4, -0.2) is 11.6 Å². The third-order valence-electron chi connectivity index (χ3n) is 3.88. The Bertz CT molecular complexity index is 499. The van der Waals surface area contributed by atoms with Crippen LogP contribution in [-0.2, 0) is 16.0 Å². The Hall–Kier alpha value is -1.57. The molecule has 2 aliphatic rings. The molecule has 0 bridgehead atoms. The molecule has 2 unspecified atom stereocenters. The molecule has 1 heterocycles. The van der Waals surface area contributed by atoms with Crippen LogP contribution in [0.15, 0.2) is 30.3 Å². The van der Waals surface area contributed by atoms with Crippen molar-refractivity contribution in [2.45, 2.75) is 25.9 Å². The number of benzene rings is 1. The summed E-state index contributed by atoms with van der Waals surface area (Å²) in [6.07, 6.45) is 5.06. The van der Waals surface area contributed by atoms with Crippen LogP contribution in [0, 0.1) is 11.8 Å². The fraction of sp³-hybridized carbons (Fsp3) is 0.400. The van der Waals surface area contributed by atoms with Gasteiger partial charge in [0.25, 0.3) is 0 Å². The van der Waals surface area contributed by atoms with Gasteiger partial charge in [-0.15, -0.1) is 0 Å². The van der Waals surface area contributed by atoms with Crippen LogP contribution < -0.4 is 0 Å². The number of cyclic esters (lactones) is 1. The minimum Gasteiger partial charge on any atom is -0.459 e. The SMILES string of the molecule is CC1(C)OC(=O)C2Cc3ccccc3C=CC21. The number of ether oxygens (including phenoxy) is 1. The van der Waals surface area contributed by atoms with E-state index in [2.05, 4.69) is 24.3 Å². The predicted molar refractivity (Wildman–Crippen MR) is 66.3 cm³/mol. The lowest BCUT2D eigenvalue weighted by Crippen LogP contribution is -2.28. The van der Waals surface area contributed by atoms with Crippen molar-refractivity contribution in [2.24, 2.45) is 11.8 Å². The van der Waals surface area contributed by atoms with Crippen molar-refractivity contribution in [1.82, 2.24) is 0 Å². The molecule has 1 aromatic carbocycles. The van der Waals surface area contributed by atoms with Crippen molar-refractivity contribution < 1.29 is 9.53 Å². The van der Waals surface area contributed by atoms with Crippen molar-refractivity contribution in [3.63, 3.8) is 0 Å². The average Bonchev–Trinajstić information content (AvgIpc) is 2.45. The van der Waals surface area contributed by atoms with E-state index < -0.39 is 0 Å². The summed E-state index contributed by atoms with van der Waals surface area (Å²) in [6, 6.07) is 8.26. The largest absolute Gasteiger partial charge is 0.459 e. The Balaban J connectivity index is 2.06. The smallest absolute Gasteiger partial charge is 0.310 e. The molecule has 1 saturated heterocycles. The lowest BCUT2D eigenvalue weighted by molar-refractivity contribution is -0.148. The number of carbonyl (C=O) groups excluding carboxylic acids is 1. The molecule has 17 heavy (non-hydrogen) atoms. The van der Waals surface area contributed by atoms with Crippen molar-refractivity contribution >= 4 is 12.0 Å². The first-order valence-corrected chi connectivity index (χ1v) is 6.07.